The zero-order chi connectivity index (χ0) is 20.3. The van der Waals surface area contributed by atoms with Gasteiger partial charge in [-0.3, -0.25) is 4.79 Å². The number of hydrogen-bond acceptors (Lipinski definition) is 4. The number of sulfonamides is 1. The maximum absolute atomic E-state index is 12.1. The molecule has 2 fully saturated rings. The lowest BCUT2D eigenvalue weighted by atomic mass is 9.83. The van der Waals surface area contributed by atoms with Crippen molar-refractivity contribution in [3.8, 4) is 0 Å². The molecule has 28 heavy (non-hydrogen) atoms. The molecule has 1 heterocycles. The highest BCUT2D eigenvalue weighted by Gasteiger charge is 2.42. The average molecular weight is 409 g/mol. The lowest BCUT2D eigenvalue weighted by Gasteiger charge is -2.33. The van der Waals surface area contributed by atoms with Gasteiger partial charge in [-0.1, -0.05) is 30.3 Å². The lowest BCUT2D eigenvalue weighted by molar-refractivity contribution is -0.133. The molecule has 1 aliphatic heterocycles. The topological polar surface area (TPSA) is 75.7 Å². The van der Waals surface area contributed by atoms with Gasteiger partial charge in [0, 0.05) is 19.0 Å². The summed E-state index contributed by atoms with van der Waals surface area (Å²) < 4.78 is 32.4. The van der Waals surface area contributed by atoms with E-state index in [1.165, 1.54) is 12.5 Å². The molecule has 1 N–H and O–H groups in total. The second-order valence-electron chi connectivity index (χ2n) is 8.29. The number of nitrogens with zero attached hydrogens (tertiary/aromatic N) is 1. The number of hydrogen-bond donors (Lipinski definition) is 1. The van der Waals surface area contributed by atoms with E-state index in [2.05, 4.69) is 29.0 Å². The zero-order valence-corrected chi connectivity index (χ0v) is 17.8. The van der Waals surface area contributed by atoms with Crippen LogP contribution in [0.2, 0.25) is 0 Å². The predicted molar refractivity (Wildman–Crippen MR) is 110 cm³/mol. The summed E-state index contributed by atoms with van der Waals surface area (Å²) in [6.07, 6.45) is 6.12. The van der Waals surface area contributed by atoms with E-state index < -0.39 is 10.0 Å². The quantitative estimate of drug-likeness (QED) is 0.785. The number of likely N-dealkylation sites (tertiary alicyclic amines) is 1. The summed E-state index contributed by atoms with van der Waals surface area (Å²) in [6.45, 7) is 3.87. The summed E-state index contributed by atoms with van der Waals surface area (Å²) in [5.74, 6) is 0.549. The Morgan fingerprint density at radius 3 is 2.39 bits per heavy atom. The minimum absolute atomic E-state index is 0.000771. The first kappa shape index (κ1) is 21.3. The van der Waals surface area contributed by atoms with Crippen molar-refractivity contribution in [1.82, 2.24) is 9.62 Å². The SMILES string of the molecule is CC(=O)N1[C@H](C)C[C@H](NS(C)(=O)=O)[C@@H]1COC1CCC(c2ccccc2)CC1. The molecule has 0 bridgehead atoms. The van der Waals surface area contributed by atoms with Gasteiger partial charge in [0.1, 0.15) is 0 Å². The van der Waals surface area contributed by atoms with Gasteiger partial charge in [0.15, 0.2) is 0 Å². The van der Waals surface area contributed by atoms with E-state index in [4.69, 9.17) is 4.74 Å². The van der Waals surface area contributed by atoms with Gasteiger partial charge < -0.3 is 9.64 Å². The first-order valence-electron chi connectivity index (χ1n) is 10.2. The summed E-state index contributed by atoms with van der Waals surface area (Å²) in [6, 6.07) is 10.1. The Labute approximate surface area is 168 Å². The van der Waals surface area contributed by atoms with Crippen LogP contribution in [0.1, 0.15) is 57.4 Å². The zero-order valence-electron chi connectivity index (χ0n) is 17.0. The third-order valence-corrected chi connectivity index (χ3v) is 6.80. The molecule has 0 spiro atoms. The van der Waals surface area contributed by atoms with Gasteiger partial charge in [-0.25, -0.2) is 13.1 Å². The Hall–Kier alpha value is -1.44. The highest BCUT2D eigenvalue weighted by Crippen LogP contribution is 2.34. The molecule has 0 unspecified atom stereocenters. The molecule has 1 saturated carbocycles. The average Bonchev–Trinajstić information content (AvgIpc) is 2.94. The van der Waals surface area contributed by atoms with Gasteiger partial charge in [0.25, 0.3) is 0 Å². The Morgan fingerprint density at radius 2 is 1.82 bits per heavy atom. The molecule has 7 heteroatoms. The minimum atomic E-state index is -3.34. The maximum Gasteiger partial charge on any atom is 0.220 e. The number of ether oxygens (including phenoxy) is 1. The van der Waals surface area contributed by atoms with Crippen LogP contribution in [0.3, 0.4) is 0 Å². The summed E-state index contributed by atoms with van der Waals surface area (Å²) in [5.41, 5.74) is 1.39. The van der Waals surface area contributed by atoms with E-state index in [0.29, 0.717) is 18.9 Å². The minimum Gasteiger partial charge on any atom is -0.376 e. The van der Waals surface area contributed by atoms with E-state index in [-0.39, 0.29) is 30.1 Å². The van der Waals surface area contributed by atoms with Crippen molar-refractivity contribution in [3.63, 3.8) is 0 Å². The van der Waals surface area contributed by atoms with E-state index in [1.807, 2.05) is 13.0 Å². The van der Waals surface area contributed by atoms with E-state index in [1.54, 1.807) is 4.90 Å². The van der Waals surface area contributed by atoms with Crippen LogP contribution in [0.25, 0.3) is 0 Å². The molecular weight excluding hydrogens is 376 g/mol. The number of amides is 1. The fraction of sp³-hybridized carbons (Fsp3) is 0.667. The van der Waals surface area contributed by atoms with Gasteiger partial charge in [0.2, 0.25) is 15.9 Å². The van der Waals surface area contributed by atoms with Crippen LogP contribution in [-0.2, 0) is 19.6 Å². The van der Waals surface area contributed by atoms with Crippen LogP contribution >= 0.6 is 0 Å². The number of nitrogens with one attached hydrogen (secondary N) is 1. The Morgan fingerprint density at radius 1 is 1.18 bits per heavy atom. The molecular formula is C21H32N2O4S. The molecule has 1 saturated heterocycles. The first-order chi connectivity index (χ1) is 13.2. The van der Waals surface area contributed by atoms with Gasteiger partial charge in [-0.15, -0.1) is 0 Å². The fourth-order valence-electron chi connectivity index (χ4n) is 4.82. The standard InChI is InChI=1S/C21H32N2O4S/c1-15-13-20(22-28(3,25)26)21(23(15)16(2)24)14-27-19-11-9-18(10-12-19)17-7-5-4-6-8-17/h4-8,15,18-22H,9-14H2,1-3H3/t15-,18?,19?,20+,21+/m1/s1. The third kappa shape index (κ3) is 5.33. The monoisotopic (exact) mass is 408 g/mol. The van der Waals surface area contributed by atoms with Crippen molar-refractivity contribution in [3.05, 3.63) is 35.9 Å². The smallest absolute Gasteiger partial charge is 0.220 e. The second kappa shape index (κ2) is 8.93. The van der Waals surface area contributed by atoms with Crippen LogP contribution < -0.4 is 4.72 Å². The Balaban J connectivity index is 1.57. The van der Waals surface area contributed by atoms with Crippen LogP contribution in [0.15, 0.2) is 30.3 Å². The fourth-order valence-corrected chi connectivity index (χ4v) is 5.63. The molecule has 1 amide bonds. The molecule has 6 nitrogen and oxygen atoms in total. The van der Waals surface area contributed by atoms with Crippen LogP contribution in [0.4, 0.5) is 0 Å². The van der Waals surface area contributed by atoms with E-state index in [0.717, 1.165) is 31.9 Å². The first-order valence-corrected chi connectivity index (χ1v) is 12.1. The molecule has 156 valence electrons. The van der Waals surface area contributed by atoms with Gasteiger partial charge in [0.05, 0.1) is 25.0 Å². The van der Waals surface area contributed by atoms with Crippen molar-refractivity contribution >= 4 is 15.9 Å². The predicted octanol–water partition coefficient (Wildman–Crippen LogP) is 2.66. The number of carbonyl (C=O) groups is 1. The van der Waals surface area contributed by atoms with Gasteiger partial charge in [-0.2, -0.15) is 0 Å². The highest BCUT2D eigenvalue weighted by atomic mass is 32.2. The Kier molecular flexibility index (Phi) is 6.78. The molecule has 0 aromatic heterocycles. The second-order valence-corrected chi connectivity index (χ2v) is 10.1. The molecule has 3 atom stereocenters. The summed E-state index contributed by atoms with van der Waals surface area (Å²) in [4.78, 5) is 13.9. The largest absolute Gasteiger partial charge is 0.376 e. The number of carbonyl (C=O) groups excluding carboxylic acids is 1. The van der Waals surface area contributed by atoms with Crippen molar-refractivity contribution in [1.29, 1.82) is 0 Å². The summed E-state index contributed by atoms with van der Waals surface area (Å²) in [7, 11) is -3.34. The Bertz CT molecular complexity index is 760. The molecule has 1 aromatic carbocycles. The highest BCUT2D eigenvalue weighted by molar-refractivity contribution is 7.88. The van der Waals surface area contributed by atoms with Crippen LogP contribution in [0, 0.1) is 0 Å². The number of rotatable bonds is 6. The van der Waals surface area contributed by atoms with Crippen molar-refractivity contribution in [2.24, 2.45) is 0 Å². The van der Waals surface area contributed by atoms with E-state index in [9.17, 15) is 13.2 Å². The van der Waals surface area contributed by atoms with Crippen molar-refractivity contribution in [2.75, 3.05) is 12.9 Å². The molecule has 0 radical (unpaired) electrons. The maximum atomic E-state index is 12.1. The van der Waals surface area contributed by atoms with Crippen molar-refractivity contribution in [2.45, 2.75) is 76.1 Å². The summed E-state index contributed by atoms with van der Waals surface area (Å²) in [5, 5.41) is 0. The molecule has 2 aliphatic rings. The van der Waals surface area contributed by atoms with Crippen molar-refractivity contribution < 1.29 is 17.9 Å². The van der Waals surface area contributed by atoms with E-state index >= 15 is 0 Å². The number of benzene rings is 1. The molecule has 1 aromatic rings. The molecule has 1 aliphatic carbocycles. The summed E-state index contributed by atoms with van der Waals surface area (Å²) >= 11 is 0. The van der Waals surface area contributed by atoms with Crippen LogP contribution in [-0.4, -0.2) is 56.3 Å². The van der Waals surface area contributed by atoms with Crippen LogP contribution in [0.5, 0.6) is 0 Å². The van der Waals surface area contributed by atoms with Gasteiger partial charge >= 0.3 is 0 Å². The normalized spacial score (nSPS) is 31.1. The van der Waals surface area contributed by atoms with Gasteiger partial charge in [-0.05, 0) is 50.5 Å². The molecule has 3 rings (SSSR count). The third-order valence-electron chi connectivity index (χ3n) is 6.07. The lowest BCUT2D eigenvalue weighted by Crippen LogP contribution is -2.49.